The van der Waals surface area contributed by atoms with E-state index in [2.05, 4.69) is 26.2 Å². The highest BCUT2D eigenvalue weighted by Crippen LogP contribution is 2.55. The van der Waals surface area contributed by atoms with E-state index in [1.165, 1.54) is 12.1 Å². The zero-order valence-electron chi connectivity index (χ0n) is 22.7. The smallest absolute Gasteiger partial charge is 0.338 e. The van der Waals surface area contributed by atoms with E-state index >= 15 is 0 Å². The molecule has 0 unspecified atom stereocenters. The number of rotatable bonds is 8. The van der Waals surface area contributed by atoms with E-state index in [0.29, 0.717) is 54.3 Å². The van der Waals surface area contributed by atoms with Crippen molar-refractivity contribution < 1.29 is 27.9 Å². The number of carbonyl (C=O) groups excluding carboxylic acids is 2. The topological polar surface area (TPSA) is 90.7 Å². The Kier molecular flexibility index (Phi) is 8.24. The standard InChI is InChI=1S/C32H26BrCl2FN2O5/c33-21-5-1-20(2-6-21)29(40)43-27-16-31(38-28(39)18-41-23-9-10-24(35)25(36)15-23)11-13-32(27,14-12-31)30-37-17-26(42-30)19-3-7-22(34)8-4-19/h1-10,15,17,27H,11-14,16,18H2,(H,38,39)/t27-,31?,32?/m0/s1. The summed E-state index contributed by atoms with van der Waals surface area (Å²) in [6, 6.07) is 18.2. The molecule has 0 aliphatic heterocycles. The Hall–Kier alpha value is -3.40. The molecule has 222 valence electrons. The fraction of sp³-hybridized carbons (Fsp3) is 0.281. The second-order valence-electron chi connectivity index (χ2n) is 11.0. The van der Waals surface area contributed by atoms with E-state index in [1.807, 2.05) is 12.1 Å². The number of carbonyl (C=O) groups is 2. The van der Waals surface area contributed by atoms with Gasteiger partial charge < -0.3 is 19.2 Å². The lowest BCUT2D eigenvalue weighted by molar-refractivity contribution is -0.130. The van der Waals surface area contributed by atoms with Crippen molar-refractivity contribution in [3.05, 3.63) is 105 Å². The predicted octanol–water partition coefficient (Wildman–Crippen LogP) is 7.93. The minimum atomic E-state index is -0.667. The summed E-state index contributed by atoms with van der Waals surface area (Å²) in [4.78, 5) is 31.0. The molecule has 4 aromatic rings. The van der Waals surface area contributed by atoms with Crippen LogP contribution in [-0.4, -0.2) is 35.1 Å². The van der Waals surface area contributed by atoms with Crippen molar-refractivity contribution in [1.29, 1.82) is 0 Å². The number of amides is 1. The van der Waals surface area contributed by atoms with Crippen molar-refractivity contribution in [2.45, 2.75) is 49.2 Å². The Bertz CT molecular complexity index is 1650. The van der Waals surface area contributed by atoms with Gasteiger partial charge in [-0.1, -0.05) is 39.1 Å². The van der Waals surface area contributed by atoms with Crippen LogP contribution >= 0.6 is 39.1 Å². The van der Waals surface area contributed by atoms with E-state index in [4.69, 9.17) is 37.1 Å². The van der Waals surface area contributed by atoms with Crippen LogP contribution in [0.25, 0.3) is 11.3 Å². The van der Waals surface area contributed by atoms with Gasteiger partial charge in [-0.15, -0.1) is 0 Å². The molecule has 7 nitrogen and oxygen atoms in total. The van der Waals surface area contributed by atoms with Crippen LogP contribution < -0.4 is 10.1 Å². The maximum Gasteiger partial charge on any atom is 0.338 e. The summed E-state index contributed by atoms with van der Waals surface area (Å²) in [6.45, 7) is -0.304. The molecule has 1 heterocycles. The van der Waals surface area contributed by atoms with Gasteiger partial charge in [-0.3, -0.25) is 4.79 Å². The second kappa shape index (κ2) is 11.9. The summed E-state index contributed by atoms with van der Waals surface area (Å²) in [7, 11) is 0. The highest BCUT2D eigenvalue weighted by atomic mass is 79.9. The van der Waals surface area contributed by atoms with E-state index in [0.717, 1.165) is 16.1 Å². The van der Waals surface area contributed by atoms with E-state index in [9.17, 15) is 14.0 Å². The maximum atomic E-state index is 13.8. The van der Waals surface area contributed by atoms with Gasteiger partial charge in [0.1, 0.15) is 17.7 Å². The monoisotopic (exact) mass is 686 g/mol. The number of oxazole rings is 1. The first kappa shape index (κ1) is 29.7. The molecule has 3 aromatic carbocycles. The number of hydrogen-bond acceptors (Lipinski definition) is 6. The average Bonchev–Trinajstić information content (AvgIpc) is 3.50. The van der Waals surface area contributed by atoms with Crippen molar-refractivity contribution in [3.8, 4) is 17.1 Å². The first-order chi connectivity index (χ1) is 20.6. The molecule has 0 radical (unpaired) electrons. The lowest BCUT2D eigenvalue weighted by atomic mass is 9.55. The molecule has 43 heavy (non-hydrogen) atoms. The van der Waals surface area contributed by atoms with Crippen molar-refractivity contribution in [2.24, 2.45) is 0 Å². The Balaban J connectivity index is 1.23. The molecule has 3 aliphatic carbocycles. The molecule has 11 heteroatoms. The van der Waals surface area contributed by atoms with E-state index in [-0.39, 0.29) is 23.3 Å². The van der Waals surface area contributed by atoms with Crippen molar-refractivity contribution in [3.63, 3.8) is 0 Å². The van der Waals surface area contributed by atoms with Gasteiger partial charge in [0.15, 0.2) is 12.4 Å². The van der Waals surface area contributed by atoms with Crippen LogP contribution in [0, 0.1) is 5.82 Å². The van der Waals surface area contributed by atoms with Crippen LogP contribution in [0.5, 0.6) is 5.75 Å². The van der Waals surface area contributed by atoms with Gasteiger partial charge in [0, 0.05) is 33.1 Å². The highest BCUT2D eigenvalue weighted by Gasteiger charge is 2.60. The summed E-state index contributed by atoms with van der Waals surface area (Å²) in [5.74, 6) is -0.172. The molecule has 3 aliphatic rings. The van der Waals surface area contributed by atoms with Gasteiger partial charge in [0.2, 0.25) is 5.89 Å². The molecule has 1 aromatic heterocycles. The molecule has 0 saturated heterocycles. The van der Waals surface area contributed by atoms with Gasteiger partial charge in [-0.2, -0.15) is 0 Å². The molecule has 1 atom stereocenters. The molecule has 2 bridgehead atoms. The zero-order chi connectivity index (χ0) is 30.2. The van der Waals surface area contributed by atoms with Crippen molar-refractivity contribution in [1.82, 2.24) is 10.3 Å². The lowest BCUT2D eigenvalue weighted by Gasteiger charge is -2.55. The third-order valence-corrected chi connectivity index (χ3v) is 9.43. The summed E-state index contributed by atoms with van der Waals surface area (Å²) in [5, 5.41) is 3.71. The van der Waals surface area contributed by atoms with Crippen LogP contribution in [0.3, 0.4) is 0 Å². The fourth-order valence-electron chi connectivity index (χ4n) is 6.02. The van der Waals surface area contributed by atoms with Gasteiger partial charge in [-0.25, -0.2) is 14.2 Å². The lowest BCUT2D eigenvalue weighted by Crippen LogP contribution is -2.64. The van der Waals surface area contributed by atoms with Crippen molar-refractivity contribution >= 4 is 51.0 Å². The molecule has 3 fully saturated rings. The quantitative estimate of drug-likeness (QED) is 0.189. The molecular weight excluding hydrogens is 662 g/mol. The largest absolute Gasteiger partial charge is 0.484 e. The van der Waals surface area contributed by atoms with Crippen LogP contribution in [0.15, 0.2) is 81.8 Å². The Morgan fingerprint density at radius 3 is 2.44 bits per heavy atom. The van der Waals surface area contributed by atoms with Gasteiger partial charge in [0.05, 0.1) is 22.2 Å². The fourth-order valence-corrected chi connectivity index (χ4v) is 6.52. The first-order valence-corrected chi connectivity index (χ1v) is 15.3. The summed E-state index contributed by atoms with van der Waals surface area (Å²) in [5.41, 5.74) is -0.0454. The molecule has 3 saturated carbocycles. The highest BCUT2D eigenvalue weighted by molar-refractivity contribution is 9.10. The summed E-state index contributed by atoms with van der Waals surface area (Å²) >= 11 is 15.2. The molecule has 7 rings (SSSR count). The number of ether oxygens (including phenoxy) is 2. The second-order valence-corrected chi connectivity index (χ2v) is 12.8. The third kappa shape index (κ3) is 6.16. The summed E-state index contributed by atoms with van der Waals surface area (Å²) < 4.78 is 32.7. The van der Waals surface area contributed by atoms with Gasteiger partial charge in [-0.05, 0) is 86.3 Å². The number of benzene rings is 3. The number of hydrogen-bond donors (Lipinski definition) is 1. The Morgan fingerprint density at radius 1 is 1.02 bits per heavy atom. The first-order valence-electron chi connectivity index (χ1n) is 13.7. The molecular formula is C32H26BrCl2FN2O5. The zero-order valence-corrected chi connectivity index (χ0v) is 25.8. The molecule has 1 amide bonds. The molecule has 0 spiro atoms. The predicted molar refractivity (Wildman–Crippen MR) is 163 cm³/mol. The van der Waals surface area contributed by atoms with Gasteiger partial charge in [0.25, 0.3) is 5.91 Å². The number of halogens is 4. The Morgan fingerprint density at radius 2 is 1.74 bits per heavy atom. The number of fused-ring (bicyclic) bond motifs is 3. The minimum Gasteiger partial charge on any atom is -0.484 e. The maximum absolute atomic E-state index is 13.8. The molecule has 1 N–H and O–H groups in total. The van der Waals surface area contributed by atoms with E-state index in [1.54, 1.807) is 42.6 Å². The van der Waals surface area contributed by atoms with Crippen LogP contribution in [0.4, 0.5) is 4.39 Å². The van der Waals surface area contributed by atoms with Crippen LogP contribution in [0.1, 0.15) is 48.4 Å². The number of esters is 1. The summed E-state index contributed by atoms with van der Waals surface area (Å²) in [6.07, 6.45) is 3.84. The van der Waals surface area contributed by atoms with Crippen molar-refractivity contribution in [2.75, 3.05) is 6.61 Å². The number of nitrogens with one attached hydrogen (secondary N) is 1. The SMILES string of the molecule is O=C(COc1ccc(Cl)c(F)c1)NC12CCC(c3ncc(-c4ccc(Cl)cc4)o3)(CC1)[C@@H](OC(=O)c1ccc(Br)cc1)C2. The van der Waals surface area contributed by atoms with Crippen LogP contribution in [-0.2, 0) is 14.9 Å². The minimum absolute atomic E-state index is 0.0290. The van der Waals surface area contributed by atoms with E-state index < -0.39 is 28.8 Å². The normalized spacial score (nSPS) is 22.7. The van der Waals surface area contributed by atoms with Crippen LogP contribution in [0.2, 0.25) is 10.0 Å². The number of aromatic nitrogens is 1. The average molecular weight is 688 g/mol. The Labute approximate surface area is 265 Å². The third-order valence-electron chi connectivity index (χ3n) is 8.35. The van der Waals surface area contributed by atoms with Gasteiger partial charge >= 0.3 is 5.97 Å². The number of nitrogens with zero attached hydrogens (tertiary/aromatic N) is 1.